The van der Waals surface area contributed by atoms with E-state index in [1.54, 1.807) is 17.6 Å². The summed E-state index contributed by atoms with van der Waals surface area (Å²) in [6, 6.07) is 24.6. The number of rotatable bonds is 9. The van der Waals surface area contributed by atoms with Crippen LogP contribution in [0.5, 0.6) is 0 Å². The molecule has 0 unspecified atom stereocenters. The Balaban J connectivity index is 0.000000269. The third-order valence-corrected chi connectivity index (χ3v) is 11.6. The fraction of sp³-hybridized carbons (Fsp3) is 0.372. The molecule has 0 aliphatic carbocycles. The fourth-order valence-corrected chi connectivity index (χ4v) is 7.06. The second kappa shape index (κ2) is 15.7. The van der Waals surface area contributed by atoms with Gasteiger partial charge in [-0.2, -0.15) is 0 Å². The van der Waals surface area contributed by atoms with E-state index >= 15 is 0 Å². The summed E-state index contributed by atoms with van der Waals surface area (Å²) in [4.78, 5) is 22.9. The third-order valence-electron chi connectivity index (χ3n) is 10.4. The van der Waals surface area contributed by atoms with Crippen molar-refractivity contribution in [3.05, 3.63) is 96.6 Å². The standard InChI is InChI=1S/C28H21N2OS.C15H28O2.Ir/c1-28(2,3)21-15-19(14-17-6-4-5-7-20(17)21)26-27-18(10-12-29-26)16-25(32-27)23-8-9-24-22(30-23)11-13-31-24;1-7-14(5,8-2)12(16)11-13(17)15(6,9-3)10-4;/h4-13,15-16H,1-3H3;11,16H,7-10H2,1-6H3;/q-1;;/b;12-11-;. The van der Waals surface area contributed by atoms with Gasteiger partial charge in [-0.15, -0.1) is 40.5 Å². The molecule has 6 rings (SSSR count). The fourth-order valence-electron chi connectivity index (χ4n) is 5.93. The van der Waals surface area contributed by atoms with Crippen LogP contribution < -0.4 is 0 Å². The zero-order valence-corrected chi connectivity index (χ0v) is 33.9. The number of furan rings is 1. The predicted molar refractivity (Wildman–Crippen MR) is 206 cm³/mol. The van der Waals surface area contributed by atoms with E-state index in [9.17, 15) is 9.90 Å². The third kappa shape index (κ3) is 7.96. The zero-order valence-electron chi connectivity index (χ0n) is 30.7. The molecule has 0 bridgehead atoms. The summed E-state index contributed by atoms with van der Waals surface area (Å²) < 4.78 is 6.60. The second-order valence-electron chi connectivity index (χ2n) is 14.5. The average Bonchev–Trinajstić information content (AvgIpc) is 3.77. The summed E-state index contributed by atoms with van der Waals surface area (Å²) in [6.45, 7) is 18.9. The summed E-state index contributed by atoms with van der Waals surface area (Å²) in [5, 5.41) is 13.7. The maximum Gasteiger partial charge on any atom is 0.164 e. The van der Waals surface area contributed by atoms with Crippen molar-refractivity contribution in [3.8, 4) is 21.8 Å². The van der Waals surface area contributed by atoms with Crippen LogP contribution in [-0.2, 0) is 30.3 Å². The molecule has 1 radical (unpaired) electrons. The minimum absolute atomic E-state index is 0. The van der Waals surface area contributed by atoms with Crippen molar-refractivity contribution in [3.63, 3.8) is 0 Å². The number of aromatic nitrogens is 2. The van der Waals surface area contributed by atoms with Gasteiger partial charge in [0.2, 0.25) is 0 Å². The summed E-state index contributed by atoms with van der Waals surface area (Å²) in [7, 11) is 0. The van der Waals surface area contributed by atoms with E-state index in [1.165, 1.54) is 22.4 Å². The molecule has 50 heavy (non-hydrogen) atoms. The monoisotopic (exact) mass is 866 g/mol. The van der Waals surface area contributed by atoms with Crippen molar-refractivity contribution in [1.82, 2.24) is 9.97 Å². The normalized spacial score (nSPS) is 12.5. The maximum absolute atomic E-state index is 12.2. The number of aliphatic hydroxyl groups is 1. The largest absolute Gasteiger partial charge is 0.512 e. The van der Waals surface area contributed by atoms with E-state index < -0.39 is 0 Å². The van der Waals surface area contributed by atoms with Crippen molar-refractivity contribution in [2.24, 2.45) is 10.8 Å². The van der Waals surface area contributed by atoms with Crippen LogP contribution in [-0.4, -0.2) is 20.9 Å². The van der Waals surface area contributed by atoms with Crippen LogP contribution in [0.15, 0.2) is 89.4 Å². The van der Waals surface area contributed by atoms with E-state index in [-0.39, 0.29) is 47.9 Å². The molecule has 7 heteroatoms. The molecule has 4 aromatic heterocycles. The first-order valence-electron chi connectivity index (χ1n) is 17.4. The van der Waals surface area contributed by atoms with E-state index in [0.717, 1.165) is 68.7 Å². The molecular weight excluding hydrogens is 817 g/mol. The molecule has 0 aliphatic heterocycles. The average molecular weight is 866 g/mol. The Kier molecular flexibility index (Phi) is 12.3. The smallest absolute Gasteiger partial charge is 0.164 e. The van der Waals surface area contributed by atoms with Gasteiger partial charge in [0, 0.05) is 59.7 Å². The van der Waals surface area contributed by atoms with Crippen molar-refractivity contribution >= 4 is 49.1 Å². The van der Waals surface area contributed by atoms with Crippen LogP contribution in [0, 0.1) is 16.9 Å². The molecule has 0 aliphatic rings. The quantitative estimate of drug-likeness (QED) is 0.0890. The molecule has 2 aromatic carbocycles. The summed E-state index contributed by atoms with van der Waals surface area (Å²) >= 11 is 1.73. The Hall–Kier alpha value is -3.64. The topological polar surface area (TPSA) is 76.2 Å². The van der Waals surface area contributed by atoms with Crippen LogP contribution in [0.4, 0.5) is 0 Å². The van der Waals surface area contributed by atoms with E-state index in [4.69, 9.17) is 14.4 Å². The Morgan fingerprint density at radius 1 is 0.900 bits per heavy atom. The van der Waals surface area contributed by atoms with E-state index in [2.05, 4.69) is 69.3 Å². The first kappa shape index (κ1) is 39.2. The molecule has 0 saturated heterocycles. The minimum Gasteiger partial charge on any atom is -0.512 e. The number of hydrogen-bond acceptors (Lipinski definition) is 6. The van der Waals surface area contributed by atoms with Crippen LogP contribution in [0.2, 0.25) is 0 Å². The Morgan fingerprint density at radius 3 is 2.24 bits per heavy atom. The Bertz CT molecular complexity index is 2130. The van der Waals surface area contributed by atoms with Gasteiger partial charge in [-0.3, -0.25) is 9.78 Å². The molecular formula is C43H49IrN2O3S-. The van der Waals surface area contributed by atoms with E-state index in [0.29, 0.717) is 0 Å². The van der Waals surface area contributed by atoms with Gasteiger partial charge in [0.15, 0.2) is 11.4 Å². The molecule has 0 spiro atoms. The molecule has 0 fully saturated rings. The Morgan fingerprint density at radius 2 is 1.58 bits per heavy atom. The van der Waals surface area contributed by atoms with Crippen molar-refractivity contribution in [2.45, 2.75) is 93.4 Å². The number of benzene rings is 2. The van der Waals surface area contributed by atoms with Gasteiger partial charge in [-0.1, -0.05) is 91.5 Å². The molecule has 0 saturated carbocycles. The molecule has 6 aromatic rings. The molecule has 1 N–H and O–H groups in total. The number of pyridine rings is 2. The van der Waals surface area contributed by atoms with Gasteiger partial charge >= 0.3 is 0 Å². The van der Waals surface area contributed by atoms with Crippen LogP contribution >= 0.6 is 11.3 Å². The van der Waals surface area contributed by atoms with Crippen LogP contribution in [0.1, 0.15) is 93.6 Å². The molecule has 0 amide bonds. The predicted octanol–water partition coefficient (Wildman–Crippen LogP) is 12.7. The van der Waals surface area contributed by atoms with E-state index in [1.807, 2.05) is 65.9 Å². The summed E-state index contributed by atoms with van der Waals surface area (Å²) in [5.74, 6) is 0.286. The number of aliphatic hydroxyl groups excluding tert-OH is 1. The number of nitrogens with zero attached hydrogens (tertiary/aromatic N) is 2. The number of carbonyl (C=O) groups is 1. The number of thiophene rings is 1. The number of hydrogen-bond donors (Lipinski definition) is 1. The molecule has 0 atom stereocenters. The van der Waals surface area contributed by atoms with Gasteiger partial charge < -0.3 is 9.52 Å². The van der Waals surface area contributed by atoms with Crippen LogP contribution in [0.25, 0.3) is 53.8 Å². The van der Waals surface area contributed by atoms with Crippen molar-refractivity contribution in [2.75, 3.05) is 0 Å². The maximum atomic E-state index is 12.2. The molecule has 4 heterocycles. The van der Waals surface area contributed by atoms with Crippen molar-refractivity contribution in [1.29, 1.82) is 0 Å². The number of allylic oxidation sites excluding steroid dienone is 2. The van der Waals surface area contributed by atoms with Crippen molar-refractivity contribution < 1.29 is 34.4 Å². The number of carbonyl (C=O) groups excluding carboxylic acids is 1. The van der Waals surface area contributed by atoms with Gasteiger partial charge in [0.25, 0.3) is 0 Å². The number of fused-ring (bicyclic) bond motifs is 3. The first-order chi connectivity index (χ1) is 23.3. The number of ketones is 1. The molecule has 265 valence electrons. The summed E-state index contributed by atoms with van der Waals surface area (Å²) in [6.07, 6.45) is 8.32. The zero-order chi connectivity index (χ0) is 35.6. The van der Waals surface area contributed by atoms with Crippen LogP contribution in [0.3, 0.4) is 0 Å². The summed E-state index contributed by atoms with van der Waals surface area (Å²) in [5.41, 5.74) is 5.35. The van der Waals surface area contributed by atoms with Gasteiger partial charge in [-0.25, -0.2) is 4.98 Å². The first-order valence-corrected chi connectivity index (χ1v) is 18.2. The van der Waals surface area contributed by atoms with Gasteiger partial charge in [-0.05, 0) is 60.7 Å². The minimum atomic E-state index is -0.337. The molecule has 5 nitrogen and oxygen atoms in total. The van der Waals surface area contributed by atoms with Gasteiger partial charge in [0.1, 0.15) is 11.3 Å². The Labute approximate surface area is 314 Å². The van der Waals surface area contributed by atoms with Gasteiger partial charge in [0.05, 0.1) is 16.8 Å². The SMILES string of the molecule is CC(C)(C)c1cc(-c2nccc3cc(-c4ccc5occc5n4)sc23)[c-]c2ccccc12.CCC(C)(CC)C(=O)/C=C(\O)C(C)(CC)CC.[Ir]. The second-order valence-corrected chi connectivity index (χ2v) is 15.6.